The zero-order valence-corrected chi connectivity index (χ0v) is 22.5. The summed E-state index contributed by atoms with van der Waals surface area (Å²) in [5.74, 6) is -0.275. The average Bonchev–Trinajstić information content (AvgIpc) is 3.31. The van der Waals surface area contributed by atoms with Gasteiger partial charge in [0.2, 0.25) is 0 Å². The fourth-order valence-electron chi connectivity index (χ4n) is 4.00. The molecule has 3 amide bonds. The van der Waals surface area contributed by atoms with Crippen LogP contribution in [0.5, 0.6) is 0 Å². The third-order valence-electron chi connectivity index (χ3n) is 5.94. The van der Waals surface area contributed by atoms with Crippen molar-refractivity contribution in [3.05, 3.63) is 112 Å². The van der Waals surface area contributed by atoms with Crippen LogP contribution in [0, 0.1) is 6.92 Å². The zero-order valence-electron chi connectivity index (χ0n) is 20.2. The highest BCUT2D eigenvalue weighted by molar-refractivity contribution is 7.22. The van der Waals surface area contributed by atoms with Crippen molar-refractivity contribution in [2.24, 2.45) is 0 Å². The molecule has 1 heterocycles. The molecule has 0 saturated heterocycles. The Morgan fingerprint density at radius 3 is 2.47 bits per heavy atom. The quantitative estimate of drug-likeness (QED) is 0.196. The fourth-order valence-corrected chi connectivity index (χ4v) is 5.29. The van der Waals surface area contributed by atoms with Gasteiger partial charge >= 0.3 is 6.03 Å². The number of urea groups is 1. The molecule has 9 heteroatoms. The molecule has 0 spiro atoms. The lowest BCUT2D eigenvalue weighted by molar-refractivity contribution is 0.102. The Morgan fingerprint density at radius 1 is 0.895 bits per heavy atom. The normalized spacial score (nSPS) is 10.8. The van der Waals surface area contributed by atoms with Crippen LogP contribution in [0.1, 0.15) is 21.5 Å². The topological polar surface area (TPSA) is 83.1 Å². The Labute approximate surface area is 233 Å². The van der Waals surface area contributed by atoms with Gasteiger partial charge in [0.05, 0.1) is 20.9 Å². The number of thiazole rings is 1. The molecular weight excluding hydrogens is 539 g/mol. The van der Waals surface area contributed by atoms with Crippen LogP contribution in [-0.4, -0.2) is 16.9 Å². The second-order valence-corrected chi connectivity index (χ2v) is 10.4. The first kappa shape index (κ1) is 25.7. The minimum Gasteiger partial charge on any atom is -0.334 e. The molecule has 6 nitrogen and oxygen atoms in total. The number of nitrogens with zero attached hydrogens (tertiary/aromatic N) is 1. The fraction of sp³-hybridized carbons (Fsp3) is 0.0690. The first-order valence-corrected chi connectivity index (χ1v) is 13.3. The van der Waals surface area contributed by atoms with Crippen molar-refractivity contribution in [3.63, 3.8) is 0 Å². The predicted molar refractivity (Wildman–Crippen MR) is 157 cm³/mol. The first-order chi connectivity index (χ1) is 18.4. The number of anilines is 2. The molecule has 0 unspecified atom stereocenters. The molecule has 1 aromatic heterocycles. The molecule has 0 radical (unpaired) electrons. The van der Waals surface area contributed by atoms with E-state index in [4.69, 9.17) is 23.2 Å². The molecule has 4 aromatic carbocycles. The van der Waals surface area contributed by atoms with Crippen LogP contribution in [0.15, 0.2) is 84.9 Å². The molecule has 0 fully saturated rings. The van der Waals surface area contributed by atoms with Crippen molar-refractivity contribution in [1.29, 1.82) is 0 Å². The number of aryl methyl sites for hydroxylation is 1. The van der Waals surface area contributed by atoms with Crippen molar-refractivity contribution in [2.75, 3.05) is 10.6 Å². The summed E-state index contributed by atoms with van der Waals surface area (Å²) in [6.45, 7) is 2.22. The van der Waals surface area contributed by atoms with Gasteiger partial charge in [-0.3, -0.25) is 10.1 Å². The molecule has 38 heavy (non-hydrogen) atoms. The Bertz CT molecular complexity index is 1630. The van der Waals surface area contributed by atoms with E-state index in [-0.39, 0.29) is 11.9 Å². The Hall–Kier alpha value is -3.91. The number of para-hydroxylation sites is 1. The van der Waals surface area contributed by atoms with E-state index >= 15 is 0 Å². The van der Waals surface area contributed by atoms with Gasteiger partial charge in [-0.1, -0.05) is 83.1 Å². The van der Waals surface area contributed by atoms with Gasteiger partial charge in [0.1, 0.15) is 0 Å². The van der Waals surface area contributed by atoms with Crippen molar-refractivity contribution in [3.8, 4) is 11.1 Å². The molecule has 0 bridgehead atoms. The summed E-state index contributed by atoms with van der Waals surface area (Å²) in [4.78, 5) is 30.0. The summed E-state index contributed by atoms with van der Waals surface area (Å²) in [5, 5.41) is 10.1. The predicted octanol–water partition coefficient (Wildman–Crippen LogP) is 8.15. The highest BCUT2D eigenvalue weighted by atomic mass is 35.5. The number of fused-ring (bicyclic) bond motifs is 1. The number of hydrogen-bond acceptors (Lipinski definition) is 4. The van der Waals surface area contributed by atoms with Crippen LogP contribution in [0.2, 0.25) is 10.0 Å². The number of aromatic nitrogens is 1. The standard InChI is InChI=1S/C29H22Cl2N4O2S/c1-17-5-4-8-23(31)26(17)34-27(36)19-11-14-24-25(15-19)38-29(33-24)35-28(37)32-16-20-6-2-3-7-22(20)18-9-12-21(30)13-10-18/h2-15H,16H2,1H3,(H,34,36)(H2,32,33,35,37). The highest BCUT2D eigenvalue weighted by Crippen LogP contribution is 2.29. The van der Waals surface area contributed by atoms with E-state index in [1.165, 1.54) is 11.3 Å². The second-order valence-electron chi connectivity index (χ2n) is 8.56. The van der Waals surface area contributed by atoms with Crippen molar-refractivity contribution < 1.29 is 9.59 Å². The maximum absolute atomic E-state index is 12.8. The SMILES string of the molecule is Cc1cccc(Cl)c1NC(=O)c1ccc2nc(NC(=O)NCc3ccccc3-c3ccc(Cl)cc3)sc2c1. The van der Waals surface area contributed by atoms with E-state index in [1.54, 1.807) is 24.3 Å². The lowest BCUT2D eigenvalue weighted by Gasteiger charge is -2.11. The molecule has 0 aliphatic heterocycles. The van der Waals surface area contributed by atoms with Crippen LogP contribution >= 0.6 is 34.5 Å². The number of halogens is 2. The molecule has 3 N–H and O–H groups in total. The van der Waals surface area contributed by atoms with Gasteiger partial charge in [0, 0.05) is 17.1 Å². The Balaban J connectivity index is 1.25. The Morgan fingerprint density at radius 2 is 1.68 bits per heavy atom. The largest absolute Gasteiger partial charge is 0.334 e. The molecule has 0 atom stereocenters. The monoisotopic (exact) mass is 560 g/mol. The number of carbonyl (C=O) groups is 2. The molecule has 0 saturated carbocycles. The maximum Gasteiger partial charge on any atom is 0.321 e. The zero-order chi connectivity index (χ0) is 26.6. The van der Waals surface area contributed by atoms with E-state index in [2.05, 4.69) is 20.9 Å². The van der Waals surface area contributed by atoms with Crippen molar-refractivity contribution in [1.82, 2.24) is 10.3 Å². The lowest BCUT2D eigenvalue weighted by Crippen LogP contribution is -2.28. The summed E-state index contributed by atoms with van der Waals surface area (Å²) in [7, 11) is 0. The lowest BCUT2D eigenvalue weighted by atomic mass is 10.00. The van der Waals surface area contributed by atoms with Crippen LogP contribution in [0.25, 0.3) is 21.3 Å². The number of rotatable bonds is 6. The summed E-state index contributed by atoms with van der Waals surface area (Å²) in [5.41, 5.74) is 5.61. The van der Waals surface area contributed by atoms with E-state index < -0.39 is 0 Å². The van der Waals surface area contributed by atoms with Gasteiger partial charge < -0.3 is 10.6 Å². The molecule has 0 aliphatic carbocycles. The van der Waals surface area contributed by atoms with E-state index in [0.29, 0.717) is 38.5 Å². The molecule has 190 valence electrons. The van der Waals surface area contributed by atoms with E-state index in [1.807, 2.05) is 67.6 Å². The molecule has 0 aliphatic rings. The first-order valence-electron chi connectivity index (χ1n) is 11.7. The van der Waals surface area contributed by atoms with Gasteiger partial charge in [-0.2, -0.15) is 0 Å². The minimum absolute atomic E-state index is 0.275. The van der Waals surface area contributed by atoms with Gasteiger partial charge in [-0.15, -0.1) is 0 Å². The summed E-state index contributed by atoms with van der Waals surface area (Å²) in [6.07, 6.45) is 0. The van der Waals surface area contributed by atoms with Crippen molar-refractivity contribution in [2.45, 2.75) is 13.5 Å². The number of benzene rings is 4. The third-order valence-corrected chi connectivity index (χ3v) is 7.44. The summed E-state index contributed by atoms with van der Waals surface area (Å²) in [6, 6.07) is 25.7. The van der Waals surface area contributed by atoms with Crippen LogP contribution in [-0.2, 0) is 6.54 Å². The highest BCUT2D eigenvalue weighted by Gasteiger charge is 2.14. The summed E-state index contributed by atoms with van der Waals surface area (Å²) >= 11 is 13.6. The van der Waals surface area contributed by atoms with E-state index in [9.17, 15) is 9.59 Å². The summed E-state index contributed by atoms with van der Waals surface area (Å²) < 4.78 is 0.775. The van der Waals surface area contributed by atoms with Crippen LogP contribution < -0.4 is 16.0 Å². The number of amides is 3. The Kier molecular flexibility index (Phi) is 7.60. The van der Waals surface area contributed by atoms with Gasteiger partial charge in [-0.25, -0.2) is 9.78 Å². The third kappa shape index (κ3) is 5.81. The maximum atomic E-state index is 12.8. The van der Waals surface area contributed by atoms with Crippen LogP contribution in [0.4, 0.5) is 15.6 Å². The van der Waals surface area contributed by atoms with Gasteiger partial charge in [0.25, 0.3) is 5.91 Å². The number of nitrogens with one attached hydrogen (secondary N) is 3. The minimum atomic E-state index is -0.373. The van der Waals surface area contributed by atoms with Crippen LogP contribution in [0.3, 0.4) is 0 Å². The second kappa shape index (κ2) is 11.2. The molecule has 5 rings (SSSR count). The van der Waals surface area contributed by atoms with E-state index in [0.717, 1.165) is 27.0 Å². The van der Waals surface area contributed by atoms with Gasteiger partial charge in [0.15, 0.2) is 5.13 Å². The number of hydrogen-bond donors (Lipinski definition) is 3. The average molecular weight is 561 g/mol. The van der Waals surface area contributed by atoms with Gasteiger partial charge in [-0.05, 0) is 65.6 Å². The number of carbonyl (C=O) groups excluding carboxylic acids is 2. The molecule has 5 aromatic rings. The molecular formula is C29H22Cl2N4O2S. The van der Waals surface area contributed by atoms with Crippen molar-refractivity contribution >= 4 is 67.5 Å². The smallest absolute Gasteiger partial charge is 0.321 e.